The first-order valence-electron chi connectivity index (χ1n) is 7.54. The van der Waals surface area contributed by atoms with Crippen molar-refractivity contribution >= 4 is 63.4 Å². The van der Waals surface area contributed by atoms with Gasteiger partial charge in [0.15, 0.2) is 0 Å². The Morgan fingerprint density at radius 3 is 2.67 bits per heavy atom. The molecule has 0 saturated carbocycles. The monoisotopic (exact) mass is 494 g/mol. The molecule has 4 nitrogen and oxygen atoms in total. The molecule has 3 rings (SSSR count). The lowest BCUT2D eigenvalue weighted by atomic mass is 9.91. The van der Waals surface area contributed by atoms with Gasteiger partial charge in [-0.15, -0.1) is 0 Å². The fourth-order valence-corrected chi connectivity index (χ4v) is 4.46. The molecule has 0 bridgehead atoms. The van der Waals surface area contributed by atoms with Crippen molar-refractivity contribution in [2.24, 2.45) is 5.73 Å². The lowest BCUT2D eigenvalue weighted by Crippen LogP contribution is -2.48. The van der Waals surface area contributed by atoms with Crippen molar-refractivity contribution in [1.29, 1.82) is 0 Å². The molecule has 1 aromatic heterocycles. The van der Waals surface area contributed by atoms with Crippen LogP contribution in [0.15, 0.2) is 34.3 Å². The Labute approximate surface area is 169 Å². The lowest BCUT2D eigenvalue weighted by Gasteiger charge is -2.37. The minimum absolute atomic E-state index is 0.0732. The third-order valence-electron chi connectivity index (χ3n) is 4.04. The summed E-state index contributed by atoms with van der Waals surface area (Å²) in [6.45, 7) is 3.92. The highest BCUT2D eigenvalue weighted by Crippen LogP contribution is 2.37. The topological polar surface area (TPSA) is 55.0 Å². The molecule has 2 heterocycles. The zero-order valence-corrected chi connectivity index (χ0v) is 17.6. The summed E-state index contributed by atoms with van der Waals surface area (Å²) >= 11 is 16.0. The average molecular weight is 495 g/mol. The molecule has 0 spiro atoms. The van der Waals surface area contributed by atoms with E-state index in [-0.39, 0.29) is 5.54 Å². The van der Waals surface area contributed by atoms with Gasteiger partial charge in [-0.2, -0.15) is 0 Å². The molecule has 1 fully saturated rings. The molecular weight excluding hydrogens is 478 g/mol. The van der Waals surface area contributed by atoms with Crippen molar-refractivity contribution in [3.63, 3.8) is 0 Å². The molecule has 8 heteroatoms. The quantitative estimate of drug-likeness (QED) is 0.617. The van der Waals surface area contributed by atoms with E-state index < -0.39 is 0 Å². The number of rotatable bonds is 3. The highest BCUT2D eigenvalue weighted by molar-refractivity contribution is 14.1. The first-order valence-corrected chi connectivity index (χ1v) is 10.2. The van der Waals surface area contributed by atoms with E-state index >= 15 is 0 Å². The van der Waals surface area contributed by atoms with E-state index in [1.54, 1.807) is 6.07 Å². The molecule has 1 saturated heterocycles. The summed E-state index contributed by atoms with van der Waals surface area (Å²) in [5.41, 5.74) is 6.12. The maximum absolute atomic E-state index is 6.25. The second-order valence-electron chi connectivity index (χ2n) is 6.12. The van der Waals surface area contributed by atoms with Crippen molar-refractivity contribution in [2.75, 3.05) is 18.0 Å². The van der Waals surface area contributed by atoms with E-state index in [0.29, 0.717) is 10.0 Å². The molecule has 2 N–H and O–H groups in total. The maximum atomic E-state index is 6.25. The first-order chi connectivity index (χ1) is 11.4. The summed E-state index contributed by atoms with van der Waals surface area (Å²) in [7, 11) is 0. The number of hydrogen-bond donors (Lipinski definition) is 1. The van der Waals surface area contributed by atoms with E-state index in [9.17, 15) is 0 Å². The van der Waals surface area contributed by atoms with E-state index in [1.165, 1.54) is 11.8 Å². The Morgan fingerprint density at radius 2 is 2.00 bits per heavy atom. The van der Waals surface area contributed by atoms with Gasteiger partial charge in [0.25, 0.3) is 0 Å². The van der Waals surface area contributed by atoms with Crippen LogP contribution in [0.25, 0.3) is 0 Å². The number of nitrogens with zero attached hydrogens (tertiary/aromatic N) is 3. The molecule has 0 amide bonds. The fraction of sp³-hybridized carbons (Fsp3) is 0.375. The molecule has 2 aromatic rings. The molecule has 0 atom stereocenters. The van der Waals surface area contributed by atoms with E-state index in [1.807, 2.05) is 18.3 Å². The van der Waals surface area contributed by atoms with E-state index in [0.717, 1.165) is 45.4 Å². The van der Waals surface area contributed by atoms with Crippen molar-refractivity contribution < 1.29 is 0 Å². The number of benzene rings is 1. The third kappa shape index (κ3) is 4.27. The van der Waals surface area contributed by atoms with Crippen molar-refractivity contribution in [3.05, 3.63) is 38.1 Å². The molecule has 0 unspecified atom stereocenters. The Balaban J connectivity index is 1.77. The fourth-order valence-electron chi connectivity index (χ4n) is 2.48. The van der Waals surface area contributed by atoms with Gasteiger partial charge in [0.1, 0.15) is 14.5 Å². The molecule has 1 aromatic carbocycles. The summed E-state index contributed by atoms with van der Waals surface area (Å²) in [4.78, 5) is 12.4. The zero-order valence-electron chi connectivity index (χ0n) is 13.1. The molecule has 1 aliphatic heterocycles. The van der Waals surface area contributed by atoms with Gasteiger partial charge in [-0.1, -0.05) is 41.0 Å². The van der Waals surface area contributed by atoms with Gasteiger partial charge in [0.05, 0.1) is 16.2 Å². The second kappa shape index (κ2) is 7.53. The highest BCUT2D eigenvalue weighted by Gasteiger charge is 2.27. The minimum atomic E-state index is -0.0732. The van der Waals surface area contributed by atoms with Gasteiger partial charge in [-0.25, -0.2) is 9.97 Å². The predicted molar refractivity (Wildman–Crippen MR) is 109 cm³/mol. The Hall–Kier alpha value is -0.280. The van der Waals surface area contributed by atoms with Crippen LogP contribution in [0.4, 0.5) is 5.82 Å². The van der Waals surface area contributed by atoms with Crippen LogP contribution in [0.2, 0.25) is 10.0 Å². The van der Waals surface area contributed by atoms with Gasteiger partial charge < -0.3 is 10.6 Å². The van der Waals surface area contributed by atoms with Crippen LogP contribution in [0.5, 0.6) is 0 Å². The Bertz CT molecular complexity index is 747. The third-order valence-corrected chi connectivity index (χ3v) is 7.14. The Kier molecular flexibility index (Phi) is 5.81. The zero-order chi connectivity index (χ0) is 17.3. The first kappa shape index (κ1) is 18.5. The van der Waals surface area contributed by atoms with E-state index in [2.05, 4.69) is 39.4 Å². The second-order valence-corrected chi connectivity index (χ2v) is 8.96. The Morgan fingerprint density at radius 1 is 1.29 bits per heavy atom. The SMILES string of the molecule is CC1(N)CCN(c2cnc(Sc3cccc(Cl)c3Cl)c(I)n2)CC1. The largest absolute Gasteiger partial charge is 0.355 e. The van der Waals surface area contributed by atoms with Crippen LogP contribution >= 0.6 is 57.6 Å². The van der Waals surface area contributed by atoms with Crippen LogP contribution in [0.1, 0.15) is 19.8 Å². The normalized spacial score (nSPS) is 17.1. The standard InChI is InChI=1S/C16H17Cl2IN4S/c1-16(20)5-7-23(8-6-16)12-9-21-15(14(19)22-12)24-11-4-2-3-10(17)13(11)18/h2-4,9H,5-8,20H2,1H3. The van der Waals surface area contributed by atoms with Gasteiger partial charge in [0, 0.05) is 23.5 Å². The summed E-state index contributed by atoms with van der Waals surface area (Å²) in [5, 5.41) is 1.91. The molecule has 1 aliphatic rings. The summed E-state index contributed by atoms with van der Waals surface area (Å²) in [6, 6.07) is 5.58. The maximum Gasteiger partial charge on any atom is 0.148 e. The number of aromatic nitrogens is 2. The lowest BCUT2D eigenvalue weighted by molar-refractivity contribution is 0.363. The van der Waals surface area contributed by atoms with Crippen LogP contribution in [-0.4, -0.2) is 28.6 Å². The number of piperidine rings is 1. The molecule has 24 heavy (non-hydrogen) atoms. The van der Waals surface area contributed by atoms with Crippen LogP contribution < -0.4 is 10.6 Å². The van der Waals surface area contributed by atoms with Crippen molar-refractivity contribution in [3.8, 4) is 0 Å². The number of halogens is 3. The van der Waals surface area contributed by atoms with Crippen molar-refractivity contribution in [1.82, 2.24) is 9.97 Å². The van der Waals surface area contributed by atoms with Gasteiger partial charge in [-0.05, 0) is 54.5 Å². The van der Waals surface area contributed by atoms with Gasteiger partial charge in [-0.3, -0.25) is 0 Å². The number of nitrogens with two attached hydrogens (primary N) is 1. The average Bonchev–Trinajstić information content (AvgIpc) is 2.53. The summed E-state index contributed by atoms with van der Waals surface area (Å²) in [5.74, 6) is 0.899. The highest BCUT2D eigenvalue weighted by atomic mass is 127. The molecule has 0 radical (unpaired) electrons. The molecular formula is C16H17Cl2IN4S. The summed E-state index contributed by atoms with van der Waals surface area (Å²) < 4.78 is 0.854. The molecule has 0 aliphatic carbocycles. The van der Waals surface area contributed by atoms with Gasteiger partial charge in [0.2, 0.25) is 0 Å². The minimum Gasteiger partial charge on any atom is -0.355 e. The van der Waals surface area contributed by atoms with Crippen LogP contribution in [-0.2, 0) is 0 Å². The smallest absolute Gasteiger partial charge is 0.148 e. The van der Waals surface area contributed by atoms with Crippen LogP contribution in [0, 0.1) is 3.70 Å². The van der Waals surface area contributed by atoms with Crippen LogP contribution in [0.3, 0.4) is 0 Å². The number of anilines is 1. The molecule has 128 valence electrons. The van der Waals surface area contributed by atoms with Crippen molar-refractivity contribution in [2.45, 2.75) is 35.2 Å². The summed E-state index contributed by atoms with van der Waals surface area (Å²) in [6.07, 6.45) is 3.74. The van der Waals surface area contributed by atoms with E-state index in [4.69, 9.17) is 33.9 Å². The predicted octanol–water partition coefficient (Wildman–Crippen LogP) is 4.86. The number of hydrogen-bond acceptors (Lipinski definition) is 5. The van der Waals surface area contributed by atoms with Gasteiger partial charge >= 0.3 is 0 Å².